The van der Waals surface area contributed by atoms with Crippen LogP contribution in [0.25, 0.3) is 0 Å². The Morgan fingerprint density at radius 3 is 2.92 bits per heavy atom. The van der Waals surface area contributed by atoms with Crippen LogP contribution >= 0.6 is 0 Å². The summed E-state index contributed by atoms with van der Waals surface area (Å²) in [6.07, 6.45) is 5.24. The summed E-state index contributed by atoms with van der Waals surface area (Å²) in [6, 6.07) is 7.11. The smallest absolute Gasteiger partial charge is 0.261 e. The van der Waals surface area contributed by atoms with Gasteiger partial charge >= 0.3 is 0 Å². The molecule has 0 aliphatic carbocycles. The Hall–Kier alpha value is -3.46. The highest BCUT2D eigenvalue weighted by Crippen LogP contribution is 2.21. The van der Waals surface area contributed by atoms with Crippen LogP contribution in [-0.2, 0) is 0 Å². The molecular formula is C17H21N7O2. The number of nitrogens with one attached hydrogen (secondary N) is 1. The Bertz CT molecular complexity index is 820. The van der Waals surface area contributed by atoms with E-state index in [1.807, 2.05) is 24.3 Å². The number of allylic oxidation sites excluding steroid dienone is 1. The van der Waals surface area contributed by atoms with E-state index in [-0.39, 0.29) is 24.0 Å². The lowest BCUT2D eigenvalue weighted by molar-refractivity contribution is 0.0968. The molecular weight excluding hydrogens is 334 g/mol. The highest BCUT2D eigenvalue weighted by Gasteiger charge is 2.12. The number of nitrogen functional groups attached to an aromatic ring is 1. The van der Waals surface area contributed by atoms with Crippen molar-refractivity contribution in [1.82, 2.24) is 15.3 Å². The van der Waals surface area contributed by atoms with Gasteiger partial charge in [-0.2, -0.15) is 0 Å². The van der Waals surface area contributed by atoms with Gasteiger partial charge in [0.2, 0.25) is 0 Å². The average Bonchev–Trinajstić information content (AvgIpc) is 2.67. The van der Waals surface area contributed by atoms with Crippen molar-refractivity contribution in [1.29, 1.82) is 0 Å². The van der Waals surface area contributed by atoms with Gasteiger partial charge in [0.25, 0.3) is 5.91 Å². The van der Waals surface area contributed by atoms with Crippen LogP contribution < -0.4 is 27.3 Å². The van der Waals surface area contributed by atoms with Crippen molar-refractivity contribution in [3.8, 4) is 5.75 Å². The minimum atomic E-state index is -0.489. The maximum absolute atomic E-state index is 12.2. The first-order valence-corrected chi connectivity index (χ1v) is 7.75. The largest absolute Gasteiger partial charge is 0.497 e. The van der Waals surface area contributed by atoms with Crippen molar-refractivity contribution in [2.24, 2.45) is 16.5 Å². The van der Waals surface area contributed by atoms with E-state index in [4.69, 9.17) is 21.9 Å². The highest BCUT2D eigenvalue weighted by atomic mass is 16.5. The number of carbonyl (C=O) groups is 1. The van der Waals surface area contributed by atoms with Crippen LogP contribution in [0.2, 0.25) is 0 Å². The van der Waals surface area contributed by atoms with Crippen LogP contribution in [0, 0.1) is 0 Å². The zero-order chi connectivity index (χ0) is 18.9. The Kier molecular flexibility index (Phi) is 6.63. The van der Waals surface area contributed by atoms with E-state index < -0.39 is 5.91 Å². The normalized spacial score (nSPS) is 12.8. The van der Waals surface area contributed by atoms with Crippen molar-refractivity contribution in [2.45, 2.75) is 6.04 Å². The monoisotopic (exact) mass is 355 g/mol. The Morgan fingerprint density at radius 1 is 1.46 bits per heavy atom. The van der Waals surface area contributed by atoms with Crippen LogP contribution in [0.5, 0.6) is 5.75 Å². The van der Waals surface area contributed by atoms with Gasteiger partial charge in [0.05, 0.1) is 18.8 Å². The molecule has 2 rings (SSSR count). The molecule has 0 aliphatic rings. The molecule has 1 aromatic carbocycles. The number of rotatable bonds is 7. The van der Waals surface area contributed by atoms with Gasteiger partial charge in [0, 0.05) is 25.2 Å². The van der Waals surface area contributed by atoms with Crippen LogP contribution in [0.15, 0.2) is 53.7 Å². The fourth-order valence-electron chi connectivity index (χ4n) is 2.13. The van der Waals surface area contributed by atoms with Crippen molar-refractivity contribution in [3.05, 3.63) is 59.8 Å². The molecule has 0 aliphatic heterocycles. The molecule has 1 aromatic heterocycles. The first-order valence-electron chi connectivity index (χ1n) is 7.75. The Labute approximate surface area is 151 Å². The van der Waals surface area contributed by atoms with E-state index >= 15 is 0 Å². The van der Waals surface area contributed by atoms with Crippen LogP contribution in [0.3, 0.4) is 0 Å². The van der Waals surface area contributed by atoms with Crippen molar-refractivity contribution >= 4 is 17.9 Å². The molecule has 136 valence electrons. The average molecular weight is 355 g/mol. The number of aromatic nitrogens is 2. The van der Waals surface area contributed by atoms with Gasteiger partial charge in [0.1, 0.15) is 23.5 Å². The third-order valence-corrected chi connectivity index (χ3v) is 3.52. The van der Waals surface area contributed by atoms with Crippen molar-refractivity contribution in [2.75, 3.05) is 19.4 Å². The van der Waals surface area contributed by atoms with Gasteiger partial charge in [-0.05, 0) is 17.7 Å². The molecule has 1 amide bonds. The quantitative estimate of drug-likeness (QED) is 0.523. The number of hydrogen-bond donors (Lipinski definition) is 4. The lowest BCUT2D eigenvalue weighted by atomic mass is 10.1. The summed E-state index contributed by atoms with van der Waals surface area (Å²) in [4.78, 5) is 24.2. The van der Waals surface area contributed by atoms with Crippen molar-refractivity contribution < 1.29 is 9.53 Å². The first-order chi connectivity index (χ1) is 12.6. The van der Waals surface area contributed by atoms with Gasteiger partial charge in [-0.15, -0.1) is 0 Å². The third-order valence-electron chi connectivity index (χ3n) is 3.52. The lowest BCUT2D eigenvalue weighted by Crippen LogP contribution is -2.26. The summed E-state index contributed by atoms with van der Waals surface area (Å²) < 4.78 is 5.20. The molecule has 7 N–H and O–H groups in total. The summed E-state index contributed by atoms with van der Waals surface area (Å²) >= 11 is 0. The zero-order valence-corrected chi connectivity index (χ0v) is 14.3. The second-order valence-corrected chi connectivity index (χ2v) is 5.20. The number of methoxy groups -OCH3 is 1. The zero-order valence-electron chi connectivity index (χ0n) is 14.3. The predicted octanol–water partition coefficient (Wildman–Crippen LogP) is 0.368. The van der Waals surface area contributed by atoms with Gasteiger partial charge in [-0.25, -0.2) is 9.97 Å². The predicted molar refractivity (Wildman–Crippen MR) is 99.5 cm³/mol. The number of nitrogens with two attached hydrogens (primary N) is 3. The summed E-state index contributed by atoms with van der Waals surface area (Å²) in [5, 5.41) is 2.60. The van der Waals surface area contributed by atoms with Gasteiger partial charge in [0.15, 0.2) is 0 Å². The molecule has 9 heteroatoms. The molecule has 0 saturated carbocycles. The Balaban J connectivity index is 2.12. The molecule has 1 heterocycles. The van der Waals surface area contributed by atoms with Crippen LogP contribution in [0.1, 0.15) is 22.0 Å². The second-order valence-electron chi connectivity index (χ2n) is 5.20. The highest BCUT2D eigenvalue weighted by molar-refractivity contribution is 6.01. The fraction of sp³-hybridized carbons (Fsp3) is 0.176. The molecule has 0 fully saturated rings. The molecule has 2 aromatic rings. The van der Waals surface area contributed by atoms with E-state index in [2.05, 4.69) is 20.3 Å². The van der Waals surface area contributed by atoms with Gasteiger partial charge < -0.3 is 27.3 Å². The lowest BCUT2D eigenvalue weighted by Gasteiger charge is -2.12. The minimum absolute atomic E-state index is 0.0713. The molecule has 0 saturated heterocycles. The number of hydrogen-bond acceptors (Lipinski definition) is 8. The third kappa shape index (κ3) is 4.77. The molecule has 0 spiro atoms. The number of aliphatic imine (C=N–C) groups is 1. The van der Waals surface area contributed by atoms with E-state index in [9.17, 15) is 4.79 Å². The number of nitrogens with zero attached hydrogens (tertiary/aromatic N) is 3. The summed E-state index contributed by atoms with van der Waals surface area (Å²) in [5.74, 6) is 0.289. The number of ether oxygens (including phenoxy) is 1. The maximum atomic E-state index is 12.2. The minimum Gasteiger partial charge on any atom is -0.497 e. The number of carbonyl (C=O) groups excluding carboxylic acids is 1. The molecule has 0 radical (unpaired) electrons. The van der Waals surface area contributed by atoms with Crippen molar-refractivity contribution in [3.63, 3.8) is 0 Å². The van der Waals surface area contributed by atoms with Crippen LogP contribution in [-0.4, -0.2) is 35.7 Å². The molecule has 1 atom stereocenters. The van der Waals surface area contributed by atoms with Gasteiger partial charge in [-0.1, -0.05) is 12.1 Å². The second kappa shape index (κ2) is 9.14. The SMILES string of the molecule is COc1cccc(C(CN)N=C/C(=C\N)NC(=O)c2cncnc2N)c1. The number of anilines is 1. The van der Waals surface area contributed by atoms with Gasteiger partial charge in [-0.3, -0.25) is 9.79 Å². The van der Waals surface area contributed by atoms with E-state index in [1.165, 1.54) is 24.9 Å². The maximum Gasteiger partial charge on any atom is 0.261 e. The topological polar surface area (TPSA) is 155 Å². The number of amides is 1. The summed E-state index contributed by atoms with van der Waals surface area (Å²) in [7, 11) is 1.59. The first kappa shape index (κ1) is 18.9. The van der Waals surface area contributed by atoms with E-state index in [0.717, 1.165) is 5.56 Å². The molecule has 1 unspecified atom stereocenters. The molecule has 0 bridgehead atoms. The molecule has 26 heavy (non-hydrogen) atoms. The summed E-state index contributed by atoms with van der Waals surface area (Å²) in [5.41, 5.74) is 18.4. The number of benzene rings is 1. The molecule has 9 nitrogen and oxygen atoms in total. The fourth-order valence-corrected chi connectivity index (χ4v) is 2.13. The standard InChI is InChI=1S/C17H21N7O2/c1-26-13-4-2-3-11(5-13)15(7-19)22-8-12(6-18)24-17(25)14-9-21-10-23-16(14)20/h2-6,8-10,15H,7,18-19H2,1H3,(H,24,25)(H2,20,21,23)/b12-6+,22-8?. The van der Waals surface area contributed by atoms with E-state index in [1.54, 1.807) is 7.11 Å². The summed E-state index contributed by atoms with van der Waals surface area (Å²) in [6.45, 7) is 0.273. The Morgan fingerprint density at radius 2 is 2.27 bits per heavy atom. The van der Waals surface area contributed by atoms with Crippen LogP contribution in [0.4, 0.5) is 5.82 Å². The van der Waals surface area contributed by atoms with E-state index in [0.29, 0.717) is 11.4 Å².